The lowest BCUT2D eigenvalue weighted by atomic mass is 9.96. The molecule has 100 valence electrons. The lowest BCUT2D eigenvalue weighted by Crippen LogP contribution is -3.19. The quantitative estimate of drug-likeness (QED) is 0.431. The van der Waals surface area contributed by atoms with Crippen LogP contribution in [0.2, 0.25) is 0 Å². The Morgan fingerprint density at radius 1 is 1.24 bits per heavy atom. The molecule has 2 heterocycles. The Kier molecular flexibility index (Phi) is 3.75. The van der Waals surface area contributed by atoms with Gasteiger partial charge in [-0.2, -0.15) is 0 Å². The van der Waals surface area contributed by atoms with Gasteiger partial charge in [0.2, 0.25) is 5.72 Å². The van der Waals surface area contributed by atoms with E-state index in [-0.39, 0.29) is 18.9 Å². The predicted octanol–water partition coefficient (Wildman–Crippen LogP) is -2.91. The molecule has 0 bridgehead atoms. The number of hydrogen-bond donors (Lipinski definition) is 4. The van der Waals surface area contributed by atoms with E-state index in [0.717, 1.165) is 25.9 Å². The summed E-state index contributed by atoms with van der Waals surface area (Å²) in [5.41, 5.74) is -0.709. The highest BCUT2D eigenvalue weighted by Crippen LogP contribution is 2.22. The SMILES string of the molecule is CC(C)[NH+]1CCC2(CC1)[NH2+]C(CO)(CO)CO2. The number of hydrogen-bond acceptors (Lipinski definition) is 3. The molecule has 2 aliphatic rings. The molecule has 0 radical (unpaired) electrons. The van der Waals surface area contributed by atoms with Gasteiger partial charge in [0.25, 0.3) is 0 Å². The van der Waals surface area contributed by atoms with Crippen LogP contribution in [-0.2, 0) is 4.74 Å². The smallest absolute Gasteiger partial charge is 0.211 e. The number of nitrogens with one attached hydrogen (secondary N) is 1. The van der Waals surface area contributed by atoms with Crippen LogP contribution in [0.25, 0.3) is 0 Å². The average Bonchev–Trinajstić information content (AvgIpc) is 2.70. The number of rotatable bonds is 3. The zero-order valence-electron chi connectivity index (χ0n) is 10.9. The van der Waals surface area contributed by atoms with Crippen molar-refractivity contribution in [2.45, 2.75) is 44.0 Å². The fourth-order valence-corrected chi connectivity index (χ4v) is 3.02. The largest absolute Gasteiger partial charge is 0.390 e. The van der Waals surface area contributed by atoms with E-state index in [4.69, 9.17) is 4.74 Å². The Morgan fingerprint density at radius 2 is 1.82 bits per heavy atom. The van der Waals surface area contributed by atoms with Crippen LogP contribution in [0.5, 0.6) is 0 Å². The van der Waals surface area contributed by atoms with Gasteiger partial charge in [-0.05, 0) is 13.8 Å². The monoisotopic (exact) mass is 246 g/mol. The molecule has 0 saturated carbocycles. The summed E-state index contributed by atoms with van der Waals surface area (Å²) in [5, 5.41) is 20.9. The van der Waals surface area contributed by atoms with Gasteiger partial charge in [0.1, 0.15) is 19.8 Å². The number of nitrogens with two attached hydrogens (primary N) is 1. The van der Waals surface area contributed by atoms with Crippen molar-refractivity contribution in [2.75, 3.05) is 32.9 Å². The summed E-state index contributed by atoms with van der Waals surface area (Å²) in [6.45, 7) is 7.13. The molecular weight excluding hydrogens is 220 g/mol. The van der Waals surface area contributed by atoms with Crippen LogP contribution in [0.3, 0.4) is 0 Å². The molecule has 5 heteroatoms. The maximum atomic E-state index is 9.39. The number of aliphatic hydroxyl groups excluding tert-OH is 2. The minimum atomic E-state index is -0.519. The summed E-state index contributed by atoms with van der Waals surface area (Å²) in [5.74, 6) is 0. The highest BCUT2D eigenvalue weighted by molar-refractivity contribution is 4.86. The number of likely N-dealkylation sites (tertiary alicyclic amines) is 1. The molecule has 2 fully saturated rings. The van der Waals surface area contributed by atoms with Crippen molar-refractivity contribution in [1.29, 1.82) is 0 Å². The molecule has 0 aromatic carbocycles. The number of aliphatic hydroxyl groups is 2. The van der Waals surface area contributed by atoms with Crippen LogP contribution >= 0.6 is 0 Å². The topological polar surface area (TPSA) is 70.7 Å². The Balaban J connectivity index is 1.96. The van der Waals surface area contributed by atoms with Gasteiger partial charge in [0.15, 0.2) is 5.54 Å². The van der Waals surface area contributed by atoms with E-state index in [1.54, 1.807) is 4.90 Å². The predicted molar refractivity (Wildman–Crippen MR) is 62.6 cm³/mol. The van der Waals surface area contributed by atoms with Crippen molar-refractivity contribution in [3.8, 4) is 0 Å². The van der Waals surface area contributed by atoms with E-state index >= 15 is 0 Å². The van der Waals surface area contributed by atoms with Gasteiger partial charge in [-0.1, -0.05) is 0 Å². The molecule has 5 nitrogen and oxygen atoms in total. The van der Waals surface area contributed by atoms with Crippen molar-refractivity contribution < 1.29 is 25.2 Å². The highest BCUT2D eigenvalue weighted by Gasteiger charge is 2.55. The summed E-state index contributed by atoms with van der Waals surface area (Å²) in [7, 11) is 0. The third-order valence-corrected chi connectivity index (χ3v) is 4.40. The zero-order chi connectivity index (χ0) is 12.5. The molecule has 2 saturated heterocycles. The number of ether oxygens (including phenoxy) is 1. The van der Waals surface area contributed by atoms with Crippen LogP contribution in [0.4, 0.5) is 0 Å². The van der Waals surface area contributed by atoms with E-state index in [1.165, 1.54) is 0 Å². The normalized spacial score (nSPS) is 36.9. The van der Waals surface area contributed by atoms with E-state index in [0.29, 0.717) is 12.6 Å². The second kappa shape index (κ2) is 4.82. The highest BCUT2D eigenvalue weighted by atomic mass is 16.5. The number of quaternary nitrogens is 2. The van der Waals surface area contributed by atoms with Crippen LogP contribution in [-0.4, -0.2) is 60.4 Å². The van der Waals surface area contributed by atoms with Gasteiger partial charge in [-0.15, -0.1) is 0 Å². The first kappa shape index (κ1) is 13.2. The summed E-state index contributed by atoms with van der Waals surface area (Å²) in [6, 6.07) is 0.661. The molecule has 1 spiro atoms. The molecule has 0 aromatic rings. The maximum absolute atomic E-state index is 9.39. The van der Waals surface area contributed by atoms with Crippen LogP contribution in [0, 0.1) is 0 Å². The average molecular weight is 246 g/mol. The second-order valence-electron chi connectivity index (χ2n) is 5.99. The summed E-state index contributed by atoms with van der Waals surface area (Å²) in [4.78, 5) is 1.62. The van der Waals surface area contributed by atoms with E-state index < -0.39 is 5.54 Å². The summed E-state index contributed by atoms with van der Waals surface area (Å²) >= 11 is 0. The van der Waals surface area contributed by atoms with Gasteiger partial charge in [0.05, 0.1) is 32.0 Å². The van der Waals surface area contributed by atoms with Crippen molar-refractivity contribution >= 4 is 0 Å². The zero-order valence-corrected chi connectivity index (χ0v) is 10.9. The van der Waals surface area contributed by atoms with E-state index in [9.17, 15) is 10.2 Å². The molecule has 0 unspecified atom stereocenters. The standard InChI is InChI=1S/C12H24N2O3/c1-10(2)14-5-3-12(4-6-14)13-11(7-15,8-16)9-17-12/h10,13,15-16H,3-9H2,1-2H3/p+2. The first-order chi connectivity index (χ1) is 8.05. The second-order valence-corrected chi connectivity index (χ2v) is 5.99. The number of piperidine rings is 1. The molecule has 17 heavy (non-hydrogen) atoms. The minimum absolute atomic E-state index is 0.0218. The first-order valence-electron chi connectivity index (χ1n) is 6.62. The minimum Gasteiger partial charge on any atom is -0.390 e. The first-order valence-corrected chi connectivity index (χ1v) is 6.62. The molecule has 2 rings (SSSR count). The fourth-order valence-electron chi connectivity index (χ4n) is 3.02. The third-order valence-electron chi connectivity index (χ3n) is 4.40. The lowest BCUT2D eigenvalue weighted by Gasteiger charge is -2.36. The molecule has 0 amide bonds. The molecule has 5 N–H and O–H groups in total. The molecule has 0 aromatic heterocycles. The Hall–Kier alpha value is -0.200. The Labute approximate surface area is 103 Å². The van der Waals surface area contributed by atoms with Crippen molar-refractivity contribution in [2.24, 2.45) is 0 Å². The maximum Gasteiger partial charge on any atom is 0.211 e. The van der Waals surface area contributed by atoms with Gasteiger partial charge >= 0.3 is 0 Å². The van der Waals surface area contributed by atoms with Gasteiger partial charge < -0.3 is 25.2 Å². The van der Waals surface area contributed by atoms with E-state index in [1.807, 2.05) is 0 Å². The summed E-state index contributed by atoms with van der Waals surface area (Å²) < 4.78 is 5.92. The summed E-state index contributed by atoms with van der Waals surface area (Å²) in [6.07, 6.45) is 2.00. The van der Waals surface area contributed by atoms with Gasteiger partial charge in [0, 0.05) is 0 Å². The van der Waals surface area contributed by atoms with Gasteiger partial charge in [-0.3, -0.25) is 0 Å². The Morgan fingerprint density at radius 3 is 2.24 bits per heavy atom. The Bertz CT molecular complexity index is 258. The molecule has 0 atom stereocenters. The third kappa shape index (κ3) is 2.48. The van der Waals surface area contributed by atoms with Gasteiger partial charge in [-0.25, -0.2) is 0 Å². The van der Waals surface area contributed by atoms with Crippen LogP contribution < -0.4 is 10.2 Å². The molecule has 0 aliphatic carbocycles. The molecule has 2 aliphatic heterocycles. The van der Waals surface area contributed by atoms with Crippen molar-refractivity contribution in [3.05, 3.63) is 0 Å². The lowest BCUT2D eigenvalue weighted by molar-refractivity contribution is -0.941. The fraction of sp³-hybridized carbons (Fsp3) is 1.00. The van der Waals surface area contributed by atoms with Crippen LogP contribution in [0.15, 0.2) is 0 Å². The van der Waals surface area contributed by atoms with Crippen molar-refractivity contribution in [3.63, 3.8) is 0 Å². The van der Waals surface area contributed by atoms with E-state index in [2.05, 4.69) is 19.2 Å². The molecular formula is C12H26N2O3+2. The van der Waals surface area contributed by atoms with Crippen molar-refractivity contribution in [1.82, 2.24) is 0 Å². The van der Waals surface area contributed by atoms with Crippen LogP contribution in [0.1, 0.15) is 26.7 Å².